The Morgan fingerprint density at radius 3 is 2.79 bits per heavy atom. The molecule has 1 heterocycles. The van der Waals surface area contributed by atoms with Gasteiger partial charge in [-0.25, -0.2) is 9.37 Å². The summed E-state index contributed by atoms with van der Waals surface area (Å²) in [6.45, 7) is 2.66. The van der Waals surface area contributed by atoms with Gasteiger partial charge in [0.25, 0.3) is 0 Å². The highest BCUT2D eigenvalue weighted by Crippen LogP contribution is 2.30. The summed E-state index contributed by atoms with van der Waals surface area (Å²) in [6, 6.07) is 4.39. The van der Waals surface area contributed by atoms with Gasteiger partial charge in [-0.1, -0.05) is 0 Å². The van der Waals surface area contributed by atoms with Crippen molar-refractivity contribution >= 4 is 37.8 Å². The third-order valence-corrected chi connectivity index (χ3v) is 3.30. The fraction of sp³-hybridized carbons (Fsp3) is 0.167. The molecule has 0 amide bonds. The molecule has 0 aliphatic heterocycles. The lowest BCUT2D eigenvalue weighted by Crippen LogP contribution is -2.03. The van der Waals surface area contributed by atoms with Crippen LogP contribution in [0.25, 0.3) is 0 Å². The van der Waals surface area contributed by atoms with E-state index in [9.17, 15) is 4.39 Å². The average molecular weight is 391 g/mol. The molecule has 0 aliphatic rings. The van der Waals surface area contributed by atoms with E-state index in [4.69, 9.17) is 4.74 Å². The van der Waals surface area contributed by atoms with E-state index in [0.29, 0.717) is 33.1 Å². The molecule has 0 fully saturated rings. The number of hydrogen-bond donors (Lipinski definition) is 1. The van der Waals surface area contributed by atoms with Crippen molar-refractivity contribution in [1.82, 2.24) is 9.97 Å². The molecule has 1 aromatic carbocycles. The minimum atomic E-state index is -0.345. The van der Waals surface area contributed by atoms with Crippen molar-refractivity contribution in [3.8, 4) is 11.6 Å². The van der Waals surface area contributed by atoms with E-state index in [1.165, 1.54) is 18.2 Å². The van der Waals surface area contributed by atoms with Gasteiger partial charge in [-0.2, -0.15) is 4.98 Å². The van der Waals surface area contributed by atoms with Crippen molar-refractivity contribution in [3.63, 3.8) is 0 Å². The Morgan fingerprint density at radius 1 is 1.32 bits per heavy atom. The fourth-order valence-corrected chi connectivity index (χ4v) is 1.95. The summed E-state index contributed by atoms with van der Waals surface area (Å²) >= 11 is 6.41. The monoisotopic (exact) mass is 389 g/mol. The molecule has 1 aromatic heterocycles. The number of nitrogens with zero attached hydrogens (tertiary/aromatic N) is 2. The van der Waals surface area contributed by atoms with Crippen LogP contribution in [-0.2, 0) is 0 Å². The van der Waals surface area contributed by atoms with Crippen molar-refractivity contribution in [2.45, 2.75) is 6.92 Å². The van der Waals surface area contributed by atoms with Gasteiger partial charge in [-0.15, -0.1) is 0 Å². The lowest BCUT2D eigenvalue weighted by Gasteiger charge is -2.09. The van der Waals surface area contributed by atoms with Crippen LogP contribution in [0.4, 0.5) is 10.3 Å². The van der Waals surface area contributed by atoms with E-state index in [1.54, 1.807) is 6.20 Å². The lowest BCUT2D eigenvalue weighted by atomic mass is 10.3. The molecule has 0 spiro atoms. The molecule has 7 heteroatoms. The molecule has 0 radical (unpaired) electrons. The normalized spacial score (nSPS) is 10.3. The predicted molar refractivity (Wildman–Crippen MR) is 78.1 cm³/mol. The SMILES string of the molecule is CCNc1ncc(Br)c(Oc2ccc(F)c(Br)c2)n1. The molecule has 0 bridgehead atoms. The predicted octanol–water partition coefficient (Wildman–Crippen LogP) is 4.36. The van der Waals surface area contributed by atoms with E-state index in [-0.39, 0.29) is 5.82 Å². The molecule has 1 N–H and O–H groups in total. The lowest BCUT2D eigenvalue weighted by molar-refractivity contribution is 0.456. The van der Waals surface area contributed by atoms with Crippen LogP contribution in [-0.4, -0.2) is 16.5 Å². The first kappa shape index (κ1) is 14.2. The Hall–Kier alpha value is -1.21. The highest BCUT2D eigenvalue weighted by Gasteiger charge is 2.09. The maximum Gasteiger partial charge on any atom is 0.238 e. The zero-order chi connectivity index (χ0) is 13.8. The van der Waals surface area contributed by atoms with Gasteiger partial charge in [0.1, 0.15) is 11.6 Å². The van der Waals surface area contributed by atoms with Gasteiger partial charge in [0.15, 0.2) is 0 Å². The summed E-state index contributed by atoms with van der Waals surface area (Å²) in [5.41, 5.74) is 0. The fourth-order valence-electron chi connectivity index (χ4n) is 1.32. The number of anilines is 1. The number of ether oxygens (including phenoxy) is 1. The second kappa shape index (κ2) is 6.29. The van der Waals surface area contributed by atoms with Crippen LogP contribution in [0.15, 0.2) is 33.3 Å². The van der Waals surface area contributed by atoms with Crippen LogP contribution >= 0.6 is 31.9 Å². The van der Waals surface area contributed by atoms with Crippen molar-refractivity contribution in [1.29, 1.82) is 0 Å². The number of halogens is 3. The third-order valence-electron chi connectivity index (χ3n) is 2.15. The average Bonchev–Trinajstić information content (AvgIpc) is 2.38. The van der Waals surface area contributed by atoms with Gasteiger partial charge in [-0.05, 0) is 57.0 Å². The Bertz CT molecular complexity index is 595. The van der Waals surface area contributed by atoms with Crippen LogP contribution < -0.4 is 10.1 Å². The van der Waals surface area contributed by atoms with E-state index >= 15 is 0 Å². The van der Waals surface area contributed by atoms with Crippen molar-refractivity contribution in [3.05, 3.63) is 39.2 Å². The summed E-state index contributed by atoms with van der Waals surface area (Å²) in [7, 11) is 0. The number of aromatic nitrogens is 2. The molecule has 0 atom stereocenters. The summed E-state index contributed by atoms with van der Waals surface area (Å²) < 4.78 is 19.7. The molecular formula is C12H10Br2FN3O. The van der Waals surface area contributed by atoms with Gasteiger partial charge in [0.2, 0.25) is 11.8 Å². The molecule has 2 aromatic rings. The quantitative estimate of drug-likeness (QED) is 0.842. The van der Waals surface area contributed by atoms with E-state index < -0.39 is 0 Å². The molecule has 19 heavy (non-hydrogen) atoms. The molecule has 2 rings (SSSR count). The summed E-state index contributed by atoms with van der Waals surface area (Å²) in [5.74, 6) is 0.976. The first-order valence-corrected chi connectivity index (χ1v) is 7.08. The van der Waals surface area contributed by atoms with Gasteiger partial charge < -0.3 is 10.1 Å². The molecule has 0 aliphatic carbocycles. The van der Waals surface area contributed by atoms with Crippen molar-refractivity contribution < 1.29 is 9.13 Å². The molecule has 0 unspecified atom stereocenters. The second-order valence-electron chi connectivity index (χ2n) is 3.56. The highest BCUT2D eigenvalue weighted by molar-refractivity contribution is 9.10. The number of benzene rings is 1. The third kappa shape index (κ3) is 3.63. The summed E-state index contributed by atoms with van der Waals surface area (Å²) in [5, 5.41) is 2.99. The summed E-state index contributed by atoms with van der Waals surface area (Å²) in [6.07, 6.45) is 1.60. The van der Waals surface area contributed by atoms with E-state index in [2.05, 4.69) is 47.1 Å². The second-order valence-corrected chi connectivity index (χ2v) is 5.26. The Balaban J connectivity index is 2.26. The molecule has 100 valence electrons. The minimum absolute atomic E-state index is 0.335. The molecule has 4 nitrogen and oxygen atoms in total. The van der Waals surface area contributed by atoms with E-state index in [0.717, 1.165) is 0 Å². The first-order valence-electron chi connectivity index (χ1n) is 5.49. The molecule has 0 saturated carbocycles. The first-order chi connectivity index (χ1) is 9.10. The van der Waals surface area contributed by atoms with Crippen LogP contribution in [0.1, 0.15) is 6.92 Å². The van der Waals surface area contributed by atoms with Crippen LogP contribution in [0.3, 0.4) is 0 Å². The summed E-state index contributed by atoms with van der Waals surface area (Å²) in [4.78, 5) is 8.29. The smallest absolute Gasteiger partial charge is 0.238 e. The van der Waals surface area contributed by atoms with Crippen LogP contribution in [0, 0.1) is 5.82 Å². The highest BCUT2D eigenvalue weighted by atomic mass is 79.9. The Labute approximate surface area is 126 Å². The zero-order valence-corrected chi connectivity index (χ0v) is 13.1. The van der Waals surface area contributed by atoms with Crippen LogP contribution in [0.5, 0.6) is 11.6 Å². The van der Waals surface area contributed by atoms with Crippen LogP contribution in [0.2, 0.25) is 0 Å². The number of nitrogens with one attached hydrogen (secondary N) is 1. The molecule has 0 saturated heterocycles. The topological polar surface area (TPSA) is 47.0 Å². The zero-order valence-electron chi connectivity index (χ0n) is 9.95. The van der Waals surface area contributed by atoms with Gasteiger partial charge in [-0.3, -0.25) is 0 Å². The van der Waals surface area contributed by atoms with Gasteiger partial charge in [0.05, 0.1) is 15.1 Å². The molecular weight excluding hydrogens is 381 g/mol. The maximum atomic E-state index is 13.1. The number of rotatable bonds is 4. The Morgan fingerprint density at radius 2 is 2.11 bits per heavy atom. The minimum Gasteiger partial charge on any atom is -0.438 e. The van der Waals surface area contributed by atoms with Gasteiger partial charge in [0, 0.05) is 6.54 Å². The largest absolute Gasteiger partial charge is 0.438 e. The maximum absolute atomic E-state index is 13.1. The van der Waals surface area contributed by atoms with Crippen molar-refractivity contribution in [2.24, 2.45) is 0 Å². The van der Waals surface area contributed by atoms with Gasteiger partial charge >= 0.3 is 0 Å². The number of hydrogen-bond acceptors (Lipinski definition) is 4. The van der Waals surface area contributed by atoms with Crippen molar-refractivity contribution in [2.75, 3.05) is 11.9 Å². The standard InChI is InChI=1S/C12H10Br2FN3O/c1-2-16-12-17-6-9(14)11(18-12)19-7-3-4-10(15)8(13)5-7/h3-6H,2H2,1H3,(H,16,17,18). The Kier molecular flexibility index (Phi) is 4.71. The van der Waals surface area contributed by atoms with E-state index in [1.807, 2.05) is 6.92 Å².